The maximum atomic E-state index is 10.4. The van der Waals surface area contributed by atoms with Crippen LogP contribution in [0, 0.1) is 0 Å². The van der Waals surface area contributed by atoms with E-state index in [1.54, 1.807) is 6.08 Å². The minimum atomic E-state index is -0.930. The molecule has 15 heavy (non-hydrogen) atoms. The Morgan fingerprint density at radius 3 is 2.80 bits per heavy atom. The van der Waals surface area contributed by atoms with Crippen LogP contribution < -0.4 is 0 Å². The van der Waals surface area contributed by atoms with Crippen molar-refractivity contribution < 1.29 is 9.90 Å². The van der Waals surface area contributed by atoms with Crippen molar-refractivity contribution in [1.29, 1.82) is 0 Å². The van der Waals surface area contributed by atoms with Crippen molar-refractivity contribution in [1.82, 2.24) is 4.57 Å². The van der Waals surface area contributed by atoms with E-state index >= 15 is 0 Å². The van der Waals surface area contributed by atoms with Gasteiger partial charge in [0.2, 0.25) is 0 Å². The number of aryl methyl sites for hydroxylation is 1. The smallest absolute Gasteiger partial charge is 0.328 e. The van der Waals surface area contributed by atoms with Gasteiger partial charge in [-0.1, -0.05) is 18.2 Å². The van der Waals surface area contributed by atoms with E-state index in [1.807, 2.05) is 41.9 Å². The summed E-state index contributed by atoms with van der Waals surface area (Å²) in [6, 6.07) is 9.91. The molecule has 0 saturated carbocycles. The number of carbonyl (C=O) groups is 1. The monoisotopic (exact) mass is 201 g/mol. The Balaban J connectivity index is 2.53. The Kier molecular flexibility index (Phi) is 2.29. The van der Waals surface area contributed by atoms with E-state index in [1.165, 1.54) is 0 Å². The highest BCUT2D eigenvalue weighted by atomic mass is 16.4. The number of carboxylic acid groups (broad SMARTS) is 1. The van der Waals surface area contributed by atoms with E-state index in [0.29, 0.717) is 0 Å². The predicted octanol–water partition coefficient (Wildman–Crippen LogP) is 2.28. The molecule has 1 N–H and O–H groups in total. The second-order valence-corrected chi connectivity index (χ2v) is 3.36. The summed E-state index contributed by atoms with van der Waals surface area (Å²) in [5, 5.41) is 9.66. The third-order valence-corrected chi connectivity index (χ3v) is 2.39. The maximum Gasteiger partial charge on any atom is 0.328 e. The van der Waals surface area contributed by atoms with Crippen LogP contribution in [0.25, 0.3) is 17.0 Å². The fourth-order valence-electron chi connectivity index (χ4n) is 1.63. The van der Waals surface area contributed by atoms with Gasteiger partial charge in [0.15, 0.2) is 0 Å². The molecule has 1 aromatic heterocycles. The van der Waals surface area contributed by atoms with Crippen LogP contribution >= 0.6 is 0 Å². The zero-order valence-corrected chi connectivity index (χ0v) is 8.34. The lowest BCUT2D eigenvalue weighted by Gasteiger charge is -1.97. The van der Waals surface area contributed by atoms with E-state index in [-0.39, 0.29) is 0 Å². The standard InChI is InChI=1S/C12H11NO2/c1-13-10(6-7-12(14)15)8-9-4-2-3-5-11(9)13/h2-8H,1H3,(H,14,15)/b7-6+. The van der Waals surface area contributed by atoms with Crippen molar-refractivity contribution in [2.24, 2.45) is 7.05 Å². The van der Waals surface area contributed by atoms with Crippen molar-refractivity contribution in [3.8, 4) is 0 Å². The van der Waals surface area contributed by atoms with Crippen LogP contribution in [0.15, 0.2) is 36.4 Å². The number of aromatic nitrogens is 1. The molecule has 0 atom stereocenters. The van der Waals surface area contributed by atoms with Gasteiger partial charge in [-0.2, -0.15) is 0 Å². The lowest BCUT2D eigenvalue weighted by atomic mass is 10.2. The van der Waals surface area contributed by atoms with Gasteiger partial charge < -0.3 is 9.67 Å². The number of benzene rings is 1. The largest absolute Gasteiger partial charge is 0.478 e. The van der Waals surface area contributed by atoms with Gasteiger partial charge in [0.25, 0.3) is 0 Å². The van der Waals surface area contributed by atoms with Crippen molar-refractivity contribution in [2.45, 2.75) is 0 Å². The average molecular weight is 201 g/mol. The Labute approximate surface area is 87.3 Å². The fourth-order valence-corrected chi connectivity index (χ4v) is 1.63. The number of carboxylic acids is 1. The molecular weight excluding hydrogens is 190 g/mol. The number of hydrogen-bond acceptors (Lipinski definition) is 1. The van der Waals surface area contributed by atoms with Crippen LogP contribution in [0.1, 0.15) is 5.69 Å². The molecule has 0 aliphatic rings. The van der Waals surface area contributed by atoms with Crippen LogP contribution in [-0.4, -0.2) is 15.6 Å². The molecule has 0 spiro atoms. The Morgan fingerprint density at radius 2 is 2.13 bits per heavy atom. The third-order valence-electron chi connectivity index (χ3n) is 2.39. The number of hydrogen-bond donors (Lipinski definition) is 1. The molecule has 1 heterocycles. The van der Waals surface area contributed by atoms with Crippen molar-refractivity contribution >= 4 is 22.9 Å². The summed E-state index contributed by atoms with van der Waals surface area (Å²) in [5.74, 6) is -0.930. The molecule has 0 unspecified atom stereocenters. The normalized spacial score (nSPS) is 11.3. The SMILES string of the molecule is Cn1c(/C=C/C(=O)O)cc2ccccc21. The van der Waals surface area contributed by atoms with E-state index in [0.717, 1.165) is 22.7 Å². The van der Waals surface area contributed by atoms with Gasteiger partial charge in [0.05, 0.1) is 0 Å². The van der Waals surface area contributed by atoms with Gasteiger partial charge in [-0.25, -0.2) is 4.79 Å². The molecule has 1 aromatic carbocycles. The number of para-hydroxylation sites is 1. The summed E-state index contributed by atoms with van der Waals surface area (Å²) in [5.41, 5.74) is 1.99. The van der Waals surface area contributed by atoms with Crippen molar-refractivity contribution in [3.63, 3.8) is 0 Å². The van der Waals surface area contributed by atoms with Crippen molar-refractivity contribution in [3.05, 3.63) is 42.1 Å². The summed E-state index contributed by atoms with van der Waals surface area (Å²) >= 11 is 0. The zero-order valence-electron chi connectivity index (χ0n) is 8.34. The molecule has 3 heteroatoms. The molecule has 2 rings (SSSR count). The molecular formula is C12H11NO2. The van der Waals surface area contributed by atoms with Crippen molar-refractivity contribution in [2.75, 3.05) is 0 Å². The quantitative estimate of drug-likeness (QED) is 0.757. The molecule has 0 bridgehead atoms. The molecule has 0 saturated heterocycles. The van der Waals surface area contributed by atoms with Crippen LogP contribution in [-0.2, 0) is 11.8 Å². The lowest BCUT2D eigenvalue weighted by molar-refractivity contribution is -0.131. The molecule has 0 amide bonds. The molecule has 0 aliphatic carbocycles. The number of nitrogens with zero attached hydrogens (tertiary/aromatic N) is 1. The molecule has 0 aliphatic heterocycles. The lowest BCUT2D eigenvalue weighted by Crippen LogP contribution is -1.91. The Hall–Kier alpha value is -2.03. The average Bonchev–Trinajstić information content (AvgIpc) is 2.54. The fraction of sp³-hybridized carbons (Fsp3) is 0.0833. The summed E-state index contributed by atoms with van der Waals surface area (Å²) in [6.45, 7) is 0. The Morgan fingerprint density at radius 1 is 1.40 bits per heavy atom. The first-order valence-corrected chi connectivity index (χ1v) is 4.64. The highest BCUT2D eigenvalue weighted by molar-refractivity contribution is 5.88. The second-order valence-electron chi connectivity index (χ2n) is 3.36. The first kappa shape index (κ1) is 9.52. The van der Waals surface area contributed by atoms with Gasteiger partial charge in [0, 0.05) is 29.7 Å². The minimum Gasteiger partial charge on any atom is -0.478 e. The Bertz CT molecular complexity index is 538. The first-order chi connectivity index (χ1) is 7.18. The summed E-state index contributed by atoms with van der Waals surface area (Å²) in [6.07, 6.45) is 2.75. The van der Waals surface area contributed by atoms with Crippen LogP contribution in [0.5, 0.6) is 0 Å². The van der Waals surface area contributed by atoms with Gasteiger partial charge in [-0.05, 0) is 18.2 Å². The van der Waals surface area contributed by atoms with Gasteiger partial charge in [-0.3, -0.25) is 0 Å². The number of aliphatic carboxylic acids is 1. The van der Waals surface area contributed by atoms with E-state index in [9.17, 15) is 4.79 Å². The van der Waals surface area contributed by atoms with Crippen LogP contribution in [0.4, 0.5) is 0 Å². The first-order valence-electron chi connectivity index (χ1n) is 4.64. The minimum absolute atomic E-state index is 0.888. The highest BCUT2D eigenvalue weighted by Crippen LogP contribution is 2.18. The molecule has 3 nitrogen and oxygen atoms in total. The second kappa shape index (κ2) is 3.61. The topological polar surface area (TPSA) is 42.2 Å². The van der Waals surface area contributed by atoms with Gasteiger partial charge >= 0.3 is 5.97 Å². The molecule has 76 valence electrons. The van der Waals surface area contributed by atoms with Gasteiger partial charge in [-0.15, -0.1) is 0 Å². The van der Waals surface area contributed by atoms with Gasteiger partial charge in [0.1, 0.15) is 0 Å². The summed E-state index contributed by atoms with van der Waals surface area (Å²) in [7, 11) is 1.92. The van der Waals surface area contributed by atoms with E-state index in [2.05, 4.69) is 0 Å². The molecule has 0 radical (unpaired) electrons. The van der Waals surface area contributed by atoms with Crippen LogP contribution in [0.2, 0.25) is 0 Å². The molecule has 2 aromatic rings. The van der Waals surface area contributed by atoms with E-state index < -0.39 is 5.97 Å². The number of rotatable bonds is 2. The number of fused-ring (bicyclic) bond motifs is 1. The highest BCUT2D eigenvalue weighted by Gasteiger charge is 2.01. The summed E-state index contributed by atoms with van der Waals surface area (Å²) in [4.78, 5) is 10.4. The maximum absolute atomic E-state index is 10.4. The summed E-state index contributed by atoms with van der Waals surface area (Å²) < 4.78 is 1.97. The van der Waals surface area contributed by atoms with E-state index in [4.69, 9.17) is 5.11 Å². The zero-order chi connectivity index (χ0) is 10.8. The predicted molar refractivity (Wildman–Crippen MR) is 59.6 cm³/mol. The molecule has 0 fully saturated rings. The third kappa shape index (κ3) is 1.76. The van der Waals surface area contributed by atoms with Crippen LogP contribution in [0.3, 0.4) is 0 Å².